The van der Waals surface area contributed by atoms with Gasteiger partial charge in [0.2, 0.25) is 0 Å². The van der Waals surface area contributed by atoms with Crippen molar-refractivity contribution in [1.82, 2.24) is 5.32 Å². The molecular weight excluding hydrogens is 392 g/mol. The Labute approximate surface area is 174 Å². The van der Waals surface area contributed by atoms with Crippen molar-refractivity contribution in [2.45, 2.75) is 64.1 Å². The van der Waals surface area contributed by atoms with Gasteiger partial charge in [0.1, 0.15) is 0 Å². The zero-order chi connectivity index (χ0) is 22.3. The van der Waals surface area contributed by atoms with Crippen LogP contribution in [0.4, 0.5) is 5.69 Å². The van der Waals surface area contributed by atoms with E-state index >= 15 is 0 Å². The van der Waals surface area contributed by atoms with E-state index in [9.17, 15) is 29.9 Å². The lowest BCUT2D eigenvalue weighted by Gasteiger charge is -2.61. The van der Waals surface area contributed by atoms with Gasteiger partial charge in [-0.2, -0.15) is 0 Å². The third-order valence-corrected chi connectivity index (χ3v) is 7.11. The number of carbonyl (C=O) groups excluding carboxylic acids is 2. The number of carboxylic acid groups (broad SMARTS) is 2. The van der Waals surface area contributed by atoms with Gasteiger partial charge in [0.05, 0.1) is 11.0 Å². The van der Waals surface area contributed by atoms with Crippen LogP contribution in [0, 0.1) is 20.9 Å². The third kappa shape index (κ3) is 3.35. The van der Waals surface area contributed by atoms with Crippen LogP contribution in [0.1, 0.15) is 51.5 Å². The molecule has 6 unspecified atom stereocenters. The molecule has 2 aliphatic heterocycles. The lowest BCUT2D eigenvalue weighted by Crippen LogP contribution is -2.72. The van der Waals surface area contributed by atoms with Gasteiger partial charge in [-0.05, 0) is 38.7 Å². The van der Waals surface area contributed by atoms with E-state index in [0.717, 1.165) is 6.42 Å². The highest BCUT2D eigenvalue weighted by Crippen LogP contribution is 2.57. The average Bonchev–Trinajstić information content (AvgIpc) is 3.18. The van der Waals surface area contributed by atoms with Gasteiger partial charge in [0, 0.05) is 59.5 Å². The van der Waals surface area contributed by atoms with Crippen LogP contribution in [0.15, 0.2) is 24.3 Å². The first-order chi connectivity index (χ1) is 14.0. The standard InChI is InChI=1S/C21H28N2O7/c1-12-20(3,18(24)25)17(14-6-4-7-15(10-14)23(28)29)21(19(26)27,13(2)22-12)11-16-8-5-9-30-16/h4,6-7,10,12-13,16-17,22H,5,8-9,11H2,1-3H3,(H,24,25)(H,26,27)/p-2. The molecule has 2 saturated heterocycles. The number of hydrogen-bond donors (Lipinski definition) is 1. The van der Waals surface area contributed by atoms with Crippen LogP contribution in [-0.2, 0) is 14.3 Å². The Kier molecular flexibility index (Phi) is 5.88. The van der Waals surface area contributed by atoms with E-state index in [2.05, 4.69) is 5.32 Å². The van der Waals surface area contributed by atoms with Crippen LogP contribution in [0.25, 0.3) is 0 Å². The number of ether oxygens (including phenoxy) is 1. The molecule has 0 saturated carbocycles. The van der Waals surface area contributed by atoms with Gasteiger partial charge in [-0.25, -0.2) is 0 Å². The van der Waals surface area contributed by atoms with Crippen molar-refractivity contribution in [3.63, 3.8) is 0 Å². The molecular formula is C21H26N2O7-2. The summed E-state index contributed by atoms with van der Waals surface area (Å²) in [6, 6.07) is 4.19. The molecule has 9 heteroatoms. The molecule has 2 heterocycles. The number of nitrogens with one attached hydrogen (secondary N) is 1. The first-order valence-corrected chi connectivity index (χ1v) is 10.1. The van der Waals surface area contributed by atoms with Gasteiger partial charge >= 0.3 is 0 Å². The highest BCUT2D eigenvalue weighted by molar-refractivity contribution is 5.82. The Bertz CT molecular complexity index is 854. The van der Waals surface area contributed by atoms with Crippen molar-refractivity contribution in [2.24, 2.45) is 10.8 Å². The highest BCUT2D eigenvalue weighted by atomic mass is 16.6. The third-order valence-electron chi connectivity index (χ3n) is 7.11. The summed E-state index contributed by atoms with van der Waals surface area (Å²) in [7, 11) is 0. The van der Waals surface area contributed by atoms with Crippen molar-refractivity contribution in [3.05, 3.63) is 39.9 Å². The number of carbonyl (C=O) groups is 2. The van der Waals surface area contributed by atoms with Gasteiger partial charge < -0.3 is 29.9 Å². The summed E-state index contributed by atoms with van der Waals surface area (Å²) < 4.78 is 5.69. The fourth-order valence-corrected chi connectivity index (χ4v) is 5.34. The van der Waals surface area contributed by atoms with E-state index in [1.165, 1.54) is 31.2 Å². The number of nitrogens with zero attached hydrogens (tertiary/aromatic N) is 1. The van der Waals surface area contributed by atoms with Gasteiger partial charge in [0.15, 0.2) is 0 Å². The number of non-ortho nitro benzene ring substituents is 1. The number of nitro groups is 1. The second-order valence-corrected chi connectivity index (χ2v) is 8.63. The second kappa shape index (κ2) is 7.96. The minimum Gasteiger partial charge on any atom is -0.549 e. The minimum absolute atomic E-state index is 0.0342. The van der Waals surface area contributed by atoms with E-state index in [1.54, 1.807) is 13.8 Å². The van der Waals surface area contributed by atoms with E-state index < -0.39 is 45.7 Å². The van der Waals surface area contributed by atoms with Crippen molar-refractivity contribution in [1.29, 1.82) is 0 Å². The maximum atomic E-state index is 12.7. The summed E-state index contributed by atoms with van der Waals surface area (Å²) in [6.45, 7) is 5.27. The SMILES string of the molecule is CC1NC(C)C(CC2CCCO2)(C(=O)[O-])C(c2cccc([N+](=O)[O-])c2)C1(C)C(=O)[O-]. The topological polar surface area (TPSA) is 145 Å². The van der Waals surface area contributed by atoms with Crippen molar-refractivity contribution in [3.8, 4) is 0 Å². The normalized spacial score (nSPS) is 36.4. The first kappa shape index (κ1) is 22.2. The Morgan fingerprint density at radius 2 is 1.93 bits per heavy atom. The summed E-state index contributed by atoms with van der Waals surface area (Å²) in [4.78, 5) is 35.9. The van der Waals surface area contributed by atoms with E-state index in [0.29, 0.717) is 13.0 Å². The molecule has 0 amide bonds. The van der Waals surface area contributed by atoms with Crippen molar-refractivity contribution in [2.75, 3.05) is 6.61 Å². The number of hydrogen-bond acceptors (Lipinski definition) is 8. The van der Waals surface area contributed by atoms with Crippen LogP contribution >= 0.6 is 0 Å². The molecule has 164 valence electrons. The molecule has 2 aliphatic rings. The molecule has 30 heavy (non-hydrogen) atoms. The smallest absolute Gasteiger partial charge is 0.269 e. The Morgan fingerprint density at radius 1 is 1.23 bits per heavy atom. The monoisotopic (exact) mass is 418 g/mol. The maximum absolute atomic E-state index is 12.7. The minimum atomic E-state index is -1.68. The molecule has 0 aliphatic carbocycles. The van der Waals surface area contributed by atoms with Crippen molar-refractivity contribution >= 4 is 17.6 Å². The van der Waals surface area contributed by atoms with Gasteiger partial charge in [-0.3, -0.25) is 10.1 Å². The molecule has 2 fully saturated rings. The Balaban J connectivity index is 2.27. The van der Waals surface area contributed by atoms with Crippen LogP contribution in [0.2, 0.25) is 0 Å². The number of nitro benzene ring substituents is 1. The Morgan fingerprint density at radius 3 is 2.47 bits per heavy atom. The maximum Gasteiger partial charge on any atom is 0.269 e. The molecule has 0 spiro atoms. The average molecular weight is 418 g/mol. The van der Waals surface area contributed by atoms with Crippen LogP contribution in [0.3, 0.4) is 0 Å². The first-order valence-electron chi connectivity index (χ1n) is 10.1. The van der Waals surface area contributed by atoms with Gasteiger partial charge in [0.25, 0.3) is 5.69 Å². The predicted octanol–water partition coefficient (Wildman–Crippen LogP) is 0.120. The number of aliphatic carboxylic acids is 2. The zero-order valence-corrected chi connectivity index (χ0v) is 17.3. The second-order valence-electron chi connectivity index (χ2n) is 8.63. The lowest BCUT2D eigenvalue weighted by atomic mass is 9.51. The lowest BCUT2D eigenvalue weighted by molar-refractivity contribution is -0.385. The van der Waals surface area contributed by atoms with Crippen molar-refractivity contribution < 1.29 is 29.5 Å². The van der Waals surface area contributed by atoms with E-state index in [1.807, 2.05) is 0 Å². The number of benzene rings is 1. The summed E-state index contributed by atoms with van der Waals surface area (Å²) in [5.41, 5.74) is -3.32. The molecule has 0 bridgehead atoms. The van der Waals surface area contributed by atoms with E-state index in [4.69, 9.17) is 4.74 Å². The highest BCUT2D eigenvalue weighted by Gasteiger charge is 2.60. The van der Waals surface area contributed by atoms with E-state index in [-0.39, 0.29) is 23.8 Å². The quantitative estimate of drug-likeness (QED) is 0.506. The summed E-state index contributed by atoms with van der Waals surface area (Å²) in [5, 5.41) is 39.6. The summed E-state index contributed by atoms with van der Waals surface area (Å²) in [6.07, 6.45) is 1.10. The molecule has 3 rings (SSSR count). The molecule has 1 aromatic carbocycles. The van der Waals surface area contributed by atoms with Gasteiger partial charge in [-0.15, -0.1) is 0 Å². The fourth-order valence-electron chi connectivity index (χ4n) is 5.34. The molecule has 0 radical (unpaired) electrons. The van der Waals surface area contributed by atoms with Crippen LogP contribution in [-0.4, -0.2) is 41.7 Å². The molecule has 9 nitrogen and oxygen atoms in total. The Hall–Kier alpha value is -2.52. The molecule has 6 atom stereocenters. The number of piperidine rings is 1. The van der Waals surface area contributed by atoms with Gasteiger partial charge in [-0.1, -0.05) is 19.1 Å². The predicted molar refractivity (Wildman–Crippen MR) is 102 cm³/mol. The fraction of sp³-hybridized carbons (Fsp3) is 0.619. The number of rotatable bonds is 6. The van der Waals surface area contributed by atoms with Crippen LogP contribution < -0.4 is 15.5 Å². The number of carboxylic acids is 2. The molecule has 1 aromatic rings. The molecule has 1 N–H and O–H groups in total. The van der Waals surface area contributed by atoms with Crippen LogP contribution in [0.5, 0.6) is 0 Å². The summed E-state index contributed by atoms with van der Waals surface area (Å²) >= 11 is 0. The summed E-state index contributed by atoms with van der Waals surface area (Å²) in [5.74, 6) is -3.96. The largest absolute Gasteiger partial charge is 0.549 e. The zero-order valence-electron chi connectivity index (χ0n) is 17.3. The molecule has 0 aromatic heterocycles.